The summed E-state index contributed by atoms with van der Waals surface area (Å²) in [5.74, 6) is -1.16. The lowest BCUT2D eigenvalue weighted by Gasteiger charge is -2.09. The minimum Gasteiger partial charge on any atom is -0.489 e. The standard InChI is InChI=1S/C9H10N2O6/c1-15-7-5(11(13)14)4-10-8(16-2)6(7)9(12)17-3/h4H,1-3H3. The Balaban J connectivity index is 3.54. The number of rotatable bonds is 4. The lowest BCUT2D eigenvalue weighted by atomic mass is 10.2. The summed E-state index contributed by atoms with van der Waals surface area (Å²) in [4.78, 5) is 25.2. The summed E-state index contributed by atoms with van der Waals surface area (Å²) in [6, 6.07) is 0. The van der Waals surface area contributed by atoms with Crippen LogP contribution in [0.15, 0.2) is 6.20 Å². The second-order valence-electron chi connectivity index (χ2n) is 2.81. The van der Waals surface area contributed by atoms with E-state index in [1.54, 1.807) is 0 Å². The molecule has 8 nitrogen and oxygen atoms in total. The first-order chi connectivity index (χ1) is 8.06. The van der Waals surface area contributed by atoms with Crippen LogP contribution >= 0.6 is 0 Å². The quantitative estimate of drug-likeness (QED) is 0.437. The summed E-state index contributed by atoms with van der Waals surface area (Å²) in [6.45, 7) is 0. The summed E-state index contributed by atoms with van der Waals surface area (Å²) in [6.07, 6.45) is 0.949. The second kappa shape index (κ2) is 5.10. The molecule has 0 radical (unpaired) electrons. The predicted molar refractivity (Wildman–Crippen MR) is 55.3 cm³/mol. The lowest BCUT2D eigenvalue weighted by Crippen LogP contribution is -2.09. The number of aromatic nitrogens is 1. The predicted octanol–water partition coefficient (Wildman–Crippen LogP) is 0.794. The Hall–Kier alpha value is -2.38. The Kier molecular flexibility index (Phi) is 3.81. The highest BCUT2D eigenvalue weighted by Gasteiger charge is 2.29. The van der Waals surface area contributed by atoms with Crippen molar-refractivity contribution in [3.63, 3.8) is 0 Å². The fourth-order valence-electron chi connectivity index (χ4n) is 1.24. The van der Waals surface area contributed by atoms with Crippen molar-refractivity contribution in [2.24, 2.45) is 0 Å². The SMILES string of the molecule is COC(=O)c1c(OC)ncc([N+](=O)[O-])c1OC. The van der Waals surface area contributed by atoms with E-state index in [0.717, 1.165) is 13.3 Å². The van der Waals surface area contributed by atoms with Crippen LogP contribution in [0.3, 0.4) is 0 Å². The number of hydrogen-bond acceptors (Lipinski definition) is 7. The number of carbonyl (C=O) groups excluding carboxylic acids is 1. The van der Waals surface area contributed by atoms with Gasteiger partial charge in [-0.2, -0.15) is 0 Å². The third kappa shape index (κ3) is 2.25. The van der Waals surface area contributed by atoms with Gasteiger partial charge in [0, 0.05) is 0 Å². The largest absolute Gasteiger partial charge is 0.489 e. The Morgan fingerprint density at radius 2 is 2.00 bits per heavy atom. The van der Waals surface area contributed by atoms with Crippen molar-refractivity contribution >= 4 is 11.7 Å². The van der Waals surface area contributed by atoms with E-state index in [4.69, 9.17) is 9.47 Å². The molecule has 0 aliphatic heterocycles. The molecule has 0 fully saturated rings. The molecule has 1 aromatic heterocycles. The summed E-state index contributed by atoms with van der Waals surface area (Å²) >= 11 is 0. The molecule has 0 unspecified atom stereocenters. The minimum absolute atomic E-state index is 0.0979. The van der Waals surface area contributed by atoms with E-state index < -0.39 is 16.6 Å². The molecule has 0 atom stereocenters. The third-order valence-corrected chi connectivity index (χ3v) is 1.96. The number of methoxy groups -OCH3 is 3. The van der Waals surface area contributed by atoms with E-state index in [-0.39, 0.29) is 17.2 Å². The van der Waals surface area contributed by atoms with Crippen molar-refractivity contribution in [2.75, 3.05) is 21.3 Å². The topological polar surface area (TPSA) is 101 Å². The molecular formula is C9H10N2O6. The fraction of sp³-hybridized carbons (Fsp3) is 0.333. The summed E-state index contributed by atoms with van der Waals surface area (Å²) in [7, 11) is 3.62. The van der Waals surface area contributed by atoms with Crippen LogP contribution in [0.4, 0.5) is 5.69 Å². The number of pyridine rings is 1. The van der Waals surface area contributed by atoms with E-state index >= 15 is 0 Å². The van der Waals surface area contributed by atoms with E-state index in [1.807, 2.05) is 0 Å². The van der Waals surface area contributed by atoms with Crippen molar-refractivity contribution < 1.29 is 23.9 Å². The van der Waals surface area contributed by atoms with Gasteiger partial charge in [0.1, 0.15) is 6.20 Å². The van der Waals surface area contributed by atoms with Gasteiger partial charge in [-0.3, -0.25) is 10.1 Å². The van der Waals surface area contributed by atoms with Gasteiger partial charge in [0.25, 0.3) is 0 Å². The monoisotopic (exact) mass is 242 g/mol. The maximum Gasteiger partial charge on any atom is 0.347 e. The van der Waals surface area contributed by atoms with Crippen LogP contribution in [0.2, 0.25) is 0 Å². The fourth-order valence-corrected chi connectivity index (χ4v) is 1.24. The normalized spacial score (nSPS) is 9.59. The molecule has 0 saturated carbocycles. The highest BCUT2D eigenvalue weighted by Crippen LogP contribution is 2.35. The zero-order valence-corrected chi connectivity index (χ0v) is 9.42. The zero-order valence-electron chi connectivity index (χ0n) is 9.42. The average molecular weight is 242 g/mol. The molecule has 92 valence electrons. The van der Waals surface area contributed by atoms with Crippen LogP contribution in [0.1, 0.15) is 10.4 Å². The molecular weight excluding hydrogens is 232 g/mol. The van der Waals surface area contributed by atoms with Gasteiger partial charge in [0.05, 0.1) is 26.3 Å². The molecule has 0 aromatic carbocycles. The van der Waals surface area contributed by atoms with Crippen LogP contribution in [0.25, 0.3) is 0 Å². The second-order valence-corrected chi connectivity index (χ2v) is 2.81. The maximum absolute atomic E-state index is 11.5. The summed E-state index contributed by atoms with van der Waals surface area (Å²) < 4.78 is 14.2. The molecule has 0 spiro atoms. The molecule has 0 amide bonds. The van der Waals surface area contributed by atoms with Gasteiger partial charge in [-0.15, -0.1) is 0 Å². The van der Waals surface area contributed by atoms with Crippen LogP contribution < -0.4 is 9.47 Å². The lowest BCUT2D eigenvalue weighted by molar-refractivity contribution is -0.386. The Morgan fingerprint density at radius 1 is 1.35 bits per heavy atom. The van der Waals surface area contributed by atoms with Gasteiger partial charge in [0.2, 0.25) is 11.6 Å². The number of carbonyl (C=O) groups is 1. The molecule has 1 heterocycles. The van der Waals surface area contributed by atoms with Gasteiger partial charge in [-0.25, -0.2) is 9.78 Å². The Labute approximate surface area is 96.3 Å². The zero-order chi connectivity index (χ0) is 13.0. The number of nitro groups is 1. The molecule has 0 aliphatic rings. The van der Waals surface area contributed by atoms with Gasteiger partial charge in [-0.05, 0) is 0 Å². The van der Waals surface area contributed by atoms with Crippen LogP contribution in [-0.2, 0) is 4.74 Å². The smallest absolute Gasteiger partial charge is 0.347 e. The van der Waals surface area contributed by atoms with Gasteiger partial charge in [-0.1, -0.05) is 0 Å². The van der Waals surface area contributed by atoms with Gasteiger partial charge in [0.15, 0.2) is 5.56 Å². The first-order valence-corrected chi connectivity index (χ1v) is 4.40. The summed E-state index contributed by atoms with van der Waals surface area (Å²) in [5, 5.41) is 10.7. The number of esters is 1. The molecule has 1 rings (SSSR count). The molecule has 0 bridgehead atoms. The van der Waals surface area contributed by atoms with Crippen molar-refractivity contribution in [2.45, 2.75) is 0 Å². The number of ether oxygens (including phenoxy) is 3. The highest BCUT2D eigenvalue weighted by atomic mass is 16.6. The minimum atomic E-state index is -0.824. The van der Waals surface area contributed by atoms with Gasteiger partial charge < -0.3 is 14.2 Å². The third-order valence-electron chi connectivity index (χ3n) is 1.96. The Bertz CT molecular complexity index is 459. The van der Waals surface area contributed by atoms with Crippen LogP contribution in [0.5, 0.6) is 11.6 Å². The first kappa shape index (κ1) is 12.7. The summed E-state index contributed by atoms with van der Waals surface area (Å²) in [5.41, 5.74) is -0.652. The average Bonchev–Trinajstić information content (AvgIpc) is 2.35. The Morgan fingerprint density at radius 3 is 2.41 bits per heavy atom. The van der Waals surface area contributed by atoms with E-state index in [0.29, 0.717) is 0 Å². The van der Waals surface area contributed by atoms with Crippen LogP contribution in [-0.4, -0.2) is 37.2 Å². The maximum atomic E-state index is 11.5. The number of nitrogens with zero attached hydrogens (tertiary/aromatic N) is 2. The molecule has 0 saturated heterocycles. The molecule has 17 heavy (non-hydrogen) atoms. The van der Waals surface area contributed by atoms with Crippen LogP contribution in [0, 0.1) is 10.1 Å². The first-order valence-electron chi connectivity index (χ1n) is 4.40. The number of hydrogen-bond donors (Lipinski definition) is 0. The van der Waals surface area contributed by atoms with E-state index in [9.17, 15) is 14.9 Å². The highest BCUT2D eigenvalue weighted by molar-refractivity contribution is 5.96. The van der Waals surface area contributed by atoms with Gasteiger partial charge >= 0.3 is 11.7 Å². The molecule has 1 aromatic rings. The van der Waals surface area contributed by atoms with E-state index in [1.165, 1.54) is 14.2 Å². The molecule has 0 aliphatic carbocycles. The van der Waals surface area contributed by atoms with Crippen molar-refractivity contribution in [1.29, 1.82) is 0 Å². The van der Waals surface area contributed by atoms with Crippen molar-refractivity contribution in [3.8, 4) is 11.6 Å². The van der Waals surface area contributed by atoms with Crippen molar-refractivity contribution in [1.82, 2.24) is 4.98 Å². The van der Waals surface area contributed by atoms with Crippen molar-refractivity contribution in [3.05, 3.63) is 21.9 Å². The molecule has 8 heteroatoms. The van der Waals surface area contributed by atoms with E-state index in [2.05, 4.69) is 9.72 Å². The molecule has 0 N–H and O–H groups in total.